The second-order valence-corrected chi connectivity index (χ2v) is 7.91. The minimum atomic E-state index is -4.84. The summed E-state index contributed by atoms with van der Waals surface area (Å²) >= 11 is 3.20. The van der Waals surface area contributed by atoms with Crippen LogP contribution in [-0.4, -0.2) is 27.2 Å². The number of ether oxygens (including phenoxy) is 1. The van der Waals surface area contributed by atoms with Crippen molar-refractivity contribution < 1.29 is 31.1 Å². The van der Waals surface area contributed by atoms with E-state index in [1.165, 1.54) is 24.3 Å². The van der Waals surface area contributed by atoms with Gasteiger partial charge in [0.2, 0.25) is 15.9 Å². The summed E-state index contributed by atoms with van der Waals surface area (Å²) in [5, 5.41) is 2.37. The quantitative estimate of drug-likeness (QED) is 0.651. The Morgan fingerprint density at radius 3 is 2.41 bits per heavy atom. The average molecular weight is 467 g/mol. The van der Waals surface area contributed by atoms with Gasteiger partial charge in [0.1, 0.15) is 5.75 Å². The van der Waals surface area contributed by atoms with E-state index >= 15 is 0 Å². The molecule has 0 fully saturated rings. The molecule has 0 aromatic heterocycles. The van der Waals surface area contributed by atoms with E-state index in [9.17, 15) is 26.4 Å². The molecule has 0 bridgehead atoms. The number of sulfonamides is 1. The maximum atomic E-state index is 12.2. The molecule has 0 atom stereocenters. The van der Waals surface area contributed by atoms with Crippen LogP contribution in [0.1, 0.15) is 6.42 Å². The van der Waals surface area contributed by atoms with Crippen LogP contribution in [0.3, 0.4) is 0 Å². The zero-order valence-corrected chi connectivity index (χ0v) is 16.0. The topological polar surface area (TPSA) is 84.5 Å². The number of alkyl halides is 3. The third kappa shape index (κ3) is 7.19. The molecule has 0 unspecified atom stereocenters. The van der Waals surface area contributed by atoms with Crippen molar-refractivity contribution in [3.63, 3.8) is 0 Å². The predicted octanol–water partition coefficient (Wildman–Crippen LogP) is 3.65. The number of halogens is 4. The van der Waals surface area contributed by atoms with E-state index < -0.39 is 28.0 Å². The highest BCUT2D eigenvalue weighted by molar-refractivity contribution is 9.10. The second-order valence-electron chi connectivity index (χ2n) is 5.23. The Labute approximate surface area is 161 Å². The van der Waals surface area contributed by atoms with E-state index in [0.29, 0.717) is 0 Å². The first kappa shape index (κ1) is 21.2. The van der Waals surface area contributed by atoms with Gasteiger partial charge in [0.15, 0.2) is 0 Å². The minimum absolute atomic E-state index is 0.0445. The molecule has 146 valence electrons. The van der Waals surface area contributed by atoms with Crippen LogP contribution in [0.15, 0.2) is 57.9 Å². The van der Waals surface area contributed by atoms with Crippen molar-refractivity contribution in [1.82, 2.24) is 4.72 Å². The Hall–Kier alpha value is -2.11. The molecular formula is C16H14BrF3N2O4S. The fourth-order valence-electron chi connectivity index (χ4n) is 1.99. The van der Waals surface area contributed by atoms with E-state index in [2.05, 4.69) is 30.7 Å². The molecule has 2 aromatic rings. The van der Waals surface area contributed by atoms with Crippen molar-refractivity contribution in [2.45, 2.75) is 17.7 Å². The lowest BCUT2D eigenvalue weighted by Crippen LogP contribution is -2.27. The fraction of sp³-hybridized carbons (Fsp3) is 0.188. The summed E-state index contributed by atoms with van der Waals surface area (Å²) in [7, 11) is -3.77. The summed E-state index contributed by atoms with van der Waals surface area (Å²) in [6.07, 6.45) is -5.05. The van der Waals surface area contributed by atoms with Crippen molar-refractivity contribution in [3.05, 3.63) is 53.0 Å². The number of hydrogen-bond acceptors (Lipinski definition) is 4. The first-order chi connectivity index (χ1) is 12.5. The highest BCUT2D eigenvalue weighted by atomic mass is 79.9. The molecule has 2 rings (SSSR count). The van der Waals surface area contributed by atoms with Gasteiger partial charge in [-0.3, -0.25) is 4.79 Å². The molecule has 2 N–H and O–H groups in total. The fourth-order valence-corrected chi connectivity index (χ4v) is 3.29. The molecule has 11 heteroatoms. The lowest BCUT2D eigenvalue weighted by atomic mass is 10.3. The predicted molar refractivity (Wildman–Crippen MR) is 95.7 cm³/mol. The van der Waals surface area contributed by atoms with Gasteiger partial charge in [-0.25, -0.2) is 13.1 Å². The number of rotatable bonds is 7. The molecule has 6 nitrogen and oxygen atoms in total. The van der Waals surface area contributed by atoms with E-state index in [1.54, 1.807) is 12.1 Å². The van der Waals surface area contributed by atoms with Crippen LogP contribution in [0.5, 0.6) is 5.75 Å². The van der Waals surface area contributed by atoms with E-state index in [1.807, 2.05) is 0 Å². The molecule has 0 heterocycles. The van der Waals surface area contributed by atoms with Gasteiger partial charge in [-0.1, -0.05) is 22.0 Å². The van der Waals surface area contributed by atoms with Crippen molar-refractivity contribution in [3.8, 4) is 5.75 Å². The lowest BCUT2D eigenvalue weighted by Gasteiger charge is -2.11. The van der Waals surface area contributed by atoms with Crippen molar-refractivity contribution in [2.24, 2.45) is 0 Å². The third-order valence-corrected chi connectivity index (χ3v) is 5.13. The monoisotopic (exact) mass is 466 g/mol. The molecule has 0 saturated heterocycles. The Kier molecular flexibility index (Phi) is 6.84. The standard InChI is InChI=1S/C16H14BrF3N2O4S/c17-11-4-6-14(7-5-11)27(24,25)21-9-8-15(23)22-12-2-1-3-13(10-12)26-16(18,19)20/h1-7,10,21H,8-9H2,(H,22,23). The van der Waals surface area contributed by atoms with E-state index in [0.717, 1.165) is 16.6 Å². The number of hydrogen-bond donors (Lipinski definition) is 2. The first-order valence-electron chi connectivity index (χ1n) is 7.46. The zero-order valence-electron chi connectivity index (χ0n) is 13.6. The van der Waals surface area contributed by atoms with Crippen LogP contribution in [0.2, 0.25) is 0 Å². The smallest absolute Gasteiger partial charge is 0.406 e. The molecule has 0 saturated carbocycles. The molecule has 2 aromatic carbocycles. The molecule has 27 heavy (non-hydrogen) atoms. The number of carbonyl (C=O) groups excluding carboxylic acids is 1. The van der Waals surface area contributed by atoms with Crippen LogP contribution in [-0.2, 0) is 14.8 Å². The maximum Gasteiger partial charge on any atom is 0.573 e. The average Bonchev–Trinajstić information content (AvgIpc) is 2.53. The normalized spacial score (nSPS) is 11.9. The largest absolute Gasteiger partial charge is 0.573 e. The maximum absolute atomic E-state index is 12.2. The number of nitrogens with one attached hydrogen (secondary N) is 2. The molecule has 0 spiro atoms. The molecule has 1 amide bonds. The summed E-state index contributed by atoms with van der Waals surface area (Å²) in [6, 6.07) is 10.7. The molecule has 0 radical (unpaired) electrons. The molecule has 0 aliphatic heterocycles. The van der Waals surface area contributed by atoms with Gasteiger partial charge in [0, 0.05) is 29.2 Å². The van der Waals surface area contributed by atoms with Gasteiger partial charge < -0.3 is 10.1 Å². The first-order valence-corrected chi connectivity index (χ1v) is 9.74. The van der Waals surface area contributed by atoms with Gasteiger partial charge in [-0.05, 0) is 36.4 Å². The number of anilines is 1. The van der Waals surface area contributed by atoms with Gasteiger partial charge in [-0.15, -0.1) is 13.2 Å². The molecular weight excluding hydrogens is 453 g/mol. The zero-order chi connectivity index (χ0) is 20.1. The van der Waals surface area contributed by atoms with Crippen LogP contribution in [0.4, 0.5) is 18.9 Å². The van der Waals surface area contributed by atoms with Gasteiger partial charge in [0.25, 0.3) is 0 Å². The van der Waals surface area contributed by atoms with E-state index in [4.69, 9.17) is 0 Å². The van der Waals surface area contributed by atoms with Crippen molar-refractivity contribution in [2.75, 3.05) is 11.9 Å². The summed E-state index contributed by atoms with van der Waals surface area (Å²) in [6.45, 7) is -0.178. The highest BCUT2D eigenvalue weighted by Gasteiger charge is 2.31. The van der Waals surface area contributed by atoms with Crippen LogP contribution >= 0.6 is 15.9 Å². The second kappa shape index (κ2) is 8.72. The van der Waals surface area contributed by atoms with Crippen LogP contribution in [0, 0.1) is 0 Å². The minimum Gasteiger partial charge on any atom is -0.406 e. The Balaban J connectivity index is 1.87. The molecule has 0 aliphatic rings. The van der Waals surface area contributed by atoms with Crippen molar-refractivity contribution in [1.29, 1.82) is 0 Å². The summed E-state index contributed by atoms with van der Waals surface area (Å²) < 4.78 is 67.5. The Morgan fingerprint density at radius 2 is 1.78 bits per heavy atom. The SMILES string of the molecule is O=C(CCNS(=O)(=O)c1ccc(Br)cc1)Nc1cccc(OC(F)(F)F)c1. The number of amides is 1. The molecule has 0 aliphatic carbocycles. The third-order valence-electron chi connectivity index (χ3n) is 3.12. The van der Waals surface area contributed by atoms with Crippen LogP contribution < -0.4 is 14.8 Å². The summed E-state index contributed by atoms with van der Waals surface area (Å²) in [5.74, 6) is -1.05. The van der Waals surface area contributed by atoms with Gasteiger partial charge in [-0.2, -0.15) is 0 Å². The summed E-state index contributed by atoms with van der Waals surface area (Å²) in [4.78, 5) is 11.9. The van der Waals surface area contributed by atoms with Gasteiger partial charge in [0.05, 0.1) is 4.90 Å². The Morgan fingerprint density at radius 1 is 1.11 bits per heavy atom. The highest BCUT2D eigenvalue weighted by Crippen LogP contribution is 2.25. The van der Waals surface area contributed by atoms with Gasteiger partial charge >= 0.3 is 6.36 Å². The van der Waals surface area contributed by atoms with E-state index in [-0.39, 0.29) is 23.5 Å². The lowest BCUT2D eigenvalue weighted by molar-refractivity contribution is -0.274. The number of benzene rings is 2. The number of carbonyl (C=O) groups is 1. The summed E-state index contributed by atoms with van der Waals surface area (Å²) in [5.41, 5.74) is 0.0949. The van der Waals surface area contributed by atoms with Crippen LogP contribution in [0.25, 0.3) is 0 Å². The Bertz CT molecular complexity index is 903. The van der Waals surface area contributed by atoms with Crippen molar-refractivity contribution >= 4 is 37.5 Å².